The zero-order valence-electron chi connectivity index (χ0n) is 18.8. The molecule has 0 bridgehead atoms. The maximum absolute atomic E-state index is 13.2. The number of anilines is 1. The highest BCUT2D eigenvalue weighted by molar-refractivity contribution is 5.93. The topological polar surface area (TPSA) is 70.7 Å². The molecular formula is C27H28N4O. The fraction of sp³-hybridized carbons (Fsp3) is 0.296. The van der Waals surface area contributed by atoms with Gasteiger partial charge >= 0.3 is 0 Å². The quantitative estimate of drug-likeness (QED) is 0.417. The van der Waals surface area contributed by atoms with Crippen molar-refractivity contribution in [1.82, 2.24) is 15.0 Å². The minimum Gasteiger partial charge on any atom is -0.343 e. The first kappa shape index (κ1) is 20.4. The number of amides is 1. The molecule has 1 saturated carbocycles. The number of carbonyl (C=O) groups excluding carboxylic acids is 1. The molecule has 1 fully saturated rings. The Balaban J connectivity index is 1.33. The van der Waals surface area contributed by atoms with Crippen molar-refractivity contribution in [2.45, 2.75) is 46.0 Å². The summed E-state index contributed by atoms with van der Waals surface area (Å²) in [4.78, 5) is 25.8. The average Bonchev–Trinajstić information content (AvgIpc) is 3.42. The lowest BCUT2D eigenvalue weighted by atomic mass is 9.92. The minimum atomic E-state index is -0.0666. The summed E-state index contributed by atoms with van der Waals surface area (Å²) in [7, 11) is 0. The highest BCUT2D eigenvalue weighted by atomic mass is 16.2. The number of nitrogens with one attached hydrogen (secondary N) is 2. The Labute approximate surface area is 188 Å². The number of hydrogen-bond acceptors (Lipinski definition) is 3. The number of nitrogens with zero attached hydrogens (tertiary/aromatic N) is 2. The number of aromatic nitrogens is 3. The number of aromatic amines is 1. The molecule has 0 saturated heterocycles. The molecule has 1 aliphatic carbocycles. The standard InChI is InChI=1S/C27H28N4O/c1-16-7-4-5-8-21(16)19-11-12-25(28-15-19)31-27(32)23-10-6-9-22(23)24-14-20-13-17(2)18(3)29-26(20)30-24/h4-5,7-8,11-15,22-23H,6,9-10H2,1-3H3,(H,29,30)(H,28,31,32). The van der Waals surface area contributed by atoms with E-state index in [0.29, 0.717) is 5.82 Å². The Morgan fingerprint density at radius 2 is 1.88 bits per heavy atom. The fourth-order valence-corrected chi connectivity index (χ4v) is 4.87. The van der Waals surface area contributed by atoms with E-state index in [1.54, 1.807) is 0 Å². The molecule has 1 aliphatic rings. The third kappa shape index (κ3) is 3.79. The molecule has 2 N–H and O–H groups in total. The number of hydrogen-bond donors (Lipinski definition) is 2. The van der Waals surface area contributed by atoms with Crippen LogP contribution in [-0.4, -0.2) is 20.9 Å². The maximum Gasteiger partial charge on any atom is 0.229 e. The van der Waals surface area contributed by atoms with Crippen molar-refractivity contribution in [3.8, 4) is 11.1 Å². The SMILES string of the molecule is Cc1ccccc1-c1ccc(NC(=O)C2CCCC2c2cc3cc(C)c(C)nc3[nH]2)nc1. The first-order valence-electron chi connectivity index (χ1n) is 11.3. The second kappa shape index (κ2) is 8.23. The van der Waals surface area contributed by atoms with Gasteiger partial charge in [0.2, 0.25) is 5.91 Å². The Morgan fingerprint density at radius 1 is 1.03 bits per heavy atom. The maximum atomic E-state index is 13.2. The summed E-state index contributed by atoms with van der Waals surface area (Å²) < 4.78 is 0. The third-order valence-electron chi connectivity index (χ3n) is 6.79. The van der Waals surface area contributed by atoms with Gasteiger partial charge in [0.05, 0.1) is 0 Å². The van der Waals surface area contributed by atoms with Crippen LogP contribution in [0.1, 0.15) is 47.7 Å². The molecule has 5 nitrogen and oxygen atoms in total. The molecule has 3 heterocycles. The summed E-state index contributed by atoms with van der Waals surface area (Å²) in [6, 6.07) is 16.5. The summed E-state index contributed by atoms with van der Waals surface area (Å²) in [6.45, 7) is 6.20. The van der Waals surface area contributed by atoms with Crippen LogP contribution in [0.4, 0.5) is 5.82 Å². The van der Waals surface area contributed by atoms with Crippen molar-refractivity contribution in [3.63, 3.8) is 0 Å². The van der Waals surface area contributed by atoms with Crippen molar-refractivity contribution in [2.24, 2.45) is 5.92 Å². The monoisotopic (exact) mass is 424 g/mol. The van der Waals surface area contributed by atoms with E-state index in [0.717, 1.165) is 52.8 Å². The summed E-state index contributed by atoms with van der Waals surface area (Å²) in [5.74, 6) is 0.754. The van der Waals surface area contributed by atoms with Crippen LogP contribution in [0, 0.1) is 26.7 Å². The molecule has 0 spiro atoms. The van der Waals surface area contributed by atoms with E-state index in [4.69, 9.17) is 0 Å². The van der Waals surface area contributed by atoms with Crippen LogP contribution in [0.25, 0.3) is 22.2 Å². The van der Waals surface area contributed by atoms with Crippen molar-refractivity contribution in [3.05, 3.63) is 77.2 Å². The van der Waals surface area contributed by atoms with E-state index in [9.17, 15) is 4.79 Å². The zero-order valence-corrected chi connectivity index (χ0v) is 18.8. The van der Waals surface area contributed by atoms with Crippen molar-refractivity contribution >= 4 is 22.8 Å². The molecule has 5 rings (SSSR count). The lowest BCUT2D eigenvalue weighted by Gasteiger charge is -2.18. The van der Waals surface area contributed by atoms with Gasteiger partial charge in [-0.05, 0) is 74.6 Å². The van der Waals surface area contributed by atoms with E-state index in [1.807, 2.05) is 37.4 Å². The number of rotatable bonds is 4. The minimum absolute atomic E-state index is 0.0441. The molecule has 1 amide bonds. The molecule has 0 radical (unpaired) electrons. The van der Waals surface area contributed by atoms with E-state index in [-0.39, 0.29) is 17.7 Å². The summed E-state index contributed by atoms with van der Waals surface area (Å²) >= 11 is 0. The van der Waals surface area contributed by atoms with Gasteiger partial charge in [-0.3, -0.25) is 4.79 Å². The van der Waals surface area contributed by atoms with Gasteiger partial charge in [0.15, 0.2) is 0 Å². The van der Waals surface area contributed by atoms with Crippen LogP contribution in [0.2, 0.25) is 0 Å². The number of H-pyrrole nitrogens is 1. The highest BCUT2D eigenvalue weighted by Gasteiger charge is 2.35. The lowest BCUT2D eigenvalue weighted by Crippen LogP contribution is -2.25. The van der Waals surface area contributed by atoms with Gasteiger partial charge in [-0.25, -0.2) is 9.97 Å². The highest BCUT2D eigenvalue weighted by Crippen LogP contribution is 2.40. The average molecular weight is 425 g/mol. The molecule has 5 heteroatoms. The smallest absolute Gasteiger partial charge is 0.229 e. The number of pyridine rings is 2. The number of aryl methyl sites for hydroxylation is 3. The van der Waals surface area contributed by atoms with Crippen molar-refractivity contribution in [2.75, 3.05) is 5.32 Å². The van der Waals surface area contributed by atoms with E-state index in [1.165, 1.54) is 11.1 Å². The molecular weight excluding hydrogens is 396 g/mol. The molecule has 2 atom stereocenters. The Morgan fingerprint density at radius 3 is 2.66 bits per heavy atom. The fourth-order valence-electron chi connectivity index (χ4n) is 4.87. The van der Waals surface area contributed by atoms with E-state index >= 15 is 0 Å². The summed E-state index contributed by atoms with van der Waals surface area (Å²) in [6.07, 6.45) is 4.77. The van der Waals surface area contributed by atoms with Crippen LogP contribution in [0.3, 0.4) is 0 Å². The Hall–Kier alpha value is -3.47. The van der Waals surface area contributed by atoms with Gasteiger partial charge < -0.3 is 10.3 Å². The molecule has 2 unspecified atom stereocenters. The molecule has 1 aromatic carbocycles. The number of carbonyl (C=O) groups is 1. The Kier molecular flexibility index (Phi) is 5.25. The van der Waals surface area contributed by atoms with Crippen LogP contribution in [-0.2, 0) is 4.79 Å². The zero-order chi connectivity index (χ0) is 22.2. The largest absolute Gasteiger partial charge is 0.343 e. The molecule has 162 valence electrons. The first-order valence-corrected chi connectivity index (χ1v) is 11.3. The molecule has 0 aliphatic heterocycles. The second-order valence-corrected chi connectivity index (χ2v) is 8.93. The van der Waals surface area contributed by atoms with Gasteiger partial charge in [0, 0.05) is 40.4 Å². The second-order valence-electron chi connectivity index (χ2n) is 8.93. The number of benzene rings is 1. The van der Waals surface area contributed by atoms with Gasteiger partial charge in [-0.2, -0.15) is 0 Å². The summed E-state index contributed by atoms with van der Waals surface area (Å²) in [5, 5.41) is 4.16. The van der Waals surface area contributed by atoms with Gasteiger partial charge in [0.1, 0.15) is 11.5 Å². The third-order valence-corrected chi connectivity index (χ3v) is 6.79. The van der Waals surface area contributed by atoms with Crippen LogP contribution in [0.15, 0.2) is 54.7 Å². The molecule has 32 heavy (non-hydrogen) atoms. The van der Waals surface area contributed by atoms with Crippen LogP contribution < -0.4 is 5.32 Å². The predicted octanol–water partition coefficient (Wildman–Crippen LogP) is 6.07. The van der Waals surface area contributed by atoms with E-state index in [2.05, 4.69) is 58.4 Å². The van der Waals surface area contributed by atoms with Gasteiger partial charge in [-0.1, -0.05) is 30.7 Å². The lowest BCUT2D eigenvalue weighted by molar-refractivity contribution is -0.120. The van der Waals surface area contributed by atoms with Crippen LogP contribution in [0.5, 0.6) is 0 Å². The summed E-state index contributed by atoms with van der Waals surface area (Å²) in [5.41, 5.74) is 7.65. The van der Waals surface area contributed by atoms with Crippen LogP contribution >= 0.6 is 0 Å². The molecule has 3 aromatic heterocycles. The Bertz CT molecular complexity index is 1250. The first-order chi connectivity index (χ1) is 15.5. The normalized spacial score (nSPS) is 18.2. The van der Waals surface area contributed by atoms with E-state index < -0.39 is 0 Å². The predicted molar refractivity (Wildman–Crippen MR) is 129 cm³/mol. The van der Waals surface area contributed by atoms with Gasteiger partial charge in [-0.15, -0.1) is 0 Å². The van der Waals surface area contributed by atoms with Gasteiger partial charge in [0.25, 0.3) is 0 Å². The number of fused-ring (bicyclic) bond motifs is 1. The van der Waals surface area contributed by atoms with Crippen molar-refractivity contribution in [1.29, 1.82) is 0 Å². The molecule has 4 aromatic rings. The van der Waals surface area contributed by atoms with Crippen molar-refractivity contribution < 1.29 is 4.79 Å².